The van der Waals surface area contributed by atoms with Crippen LogP contribution in [0.15, 0.2) is 4.99 Å². The van der Waals surface area contributed by atoms with Gasteiger partial charge in [-0.1, -0.05) is 13.8 Å². The molecule has 2 N–H and O–H groups in total. The maximum Gasteiger partial charge on any atom is 0.191 e. The molecule has 1 aliphatic rings. The van der Waals surface area contributed by atoms with Gasteiger partial charge < -0.3 is 20.3 Å². The molecule has 0 amide bonds. The summed E-state index contributed by atoms with van der Waals surface area (Å²) in [6, 6.07) is 0. The maximum absolute atomic E-state index is 5.91. The van der Waals surface area contributed by atoms with Crippen LogP contribution in [-0.2, 0) is 4.74 Å². The molecule has 1 fully saturated rings. The summed E-state index contributed by atoms with van der Waals surface area (Å²) in [7, 11) is 4.18. The summed E-state index contributed by atoms with van der Waals surface area (Å²) in [5.41, 5.74) is 0.0394. The van der Waals surface area contributed by atoms with E-state index < -0.39 is 0 Å². The molecule has 0 spiro atoms. The predicted octanol–water partition coefficient (Wildman–Crippen LogP) is 1.86. The molecule has 0 aromatic heterocycles. The minimum Gasteiger partial charge on any atom is -0.374 e. The molecule has 0 aromatic carbocycles. The molecule has 1 unspecified atom stereocenters. The van der Waals surface area contributed by atoms with E-state index in [1.165, 1.54) is 0 Å². The van der Waals surface area contributed by atoms with Gasteiger partial charge in [-0.15, -0.1) is 24.0 Å². The highest BCUT2D eigenvalue weighted by Crippen LogP contribution is 2.10. The highest BCUT2D eigenvalue weighted by molar-refractivity contribution is 14.0. The van der Waals surface area contributed by atoms with Crippen LogP contribution in [0.4, 0.5) is 0 Å². The van der Waals surface area contributed by atoms with Crippen LogP contribution < -0.4 is 10.6 Å². The van der Waals surface area contributed by atoms with E-state index in [4.69, 9.17) is 9.73 Å². The fraction of sp³-hybridized carbons (Fsp3) is 0.944. The Morgan fingerprint density at radius 2 is 2.00 bits per heavy atom. The van der Waals surface area contributed by atoms with E-state index in [-0.39, 0.29) is 35.6 Å². The van der Waals surface area contributed by atoms with Gasteiger partial charge in [-0.05, 0) is 40.8 Å². The van der Waals surface area contributed by atoms with E-state index in [9.17, 15) is 0 Å². The summed E-state index contributed by atoms with van der Waals surface area (Å²) >= 11 is 0. The minimum absolute atomic E-state index is 0. The molecule has 1 rings (SSSR count). The number of nitrogens with zero attached hydrogens (tertiary/aromatic N) is 3. The van der Waals surface area contributed by atoms with Crippen molar-refractivity contribution in [1.29, 1.82) is 0 Å². The highest BCUT2D eigenvalue weighted by Gasteiger charge is 2.22. The Morgan fingerprint density at radius 1 is 1.32 bits per heavy atom. The SMILES string of the molecule is CCNC(=NCC(C)(C)N(C)C)NCC1CN(CC(C)C)CCO1.I. The zero-order valence-corrected chi connectivity index (χ0v) is 19.6. The lowest BCUT2D eigenvalue weighted by Crippen LogP contribution is -2.50. The van der Waals surface area contributed by atoms with Gasteiger partial charge in [0.15, 0.2) is 5.96 Å². The lowest BCUT2D eigenvalue weighted by molar-refractivity contribution is -0.0284. The molecule has 1 heterocycles. The van der Waals surface area contributed by atoms with Crippen molar-refractivity contribution in [2.45, 2.75) is 46.3 Å². The van der Waals surface area contributed by atoms with E-state index in [0.717, 1.165) is 51.8 Å². The van der Waals surface area contributed by atoms with Crippen molar-refractivity contribution in [1.82, 2.24) is 20.4 Å². The molecule has 0 bridgehead atoms. The summed E-state index contributed by atoms with van der Waals surface area (Å²) in [4.78, 5) is 9.44. The van der Waals surface area contributed by atoms with Gasteiger partial charge in [0, 0.05) is 38.3 Å². The first-order valence-corrected chi connectivity index (χ1v) is 9.28. The number of hydrogen-bond donors (Lipinski definition) is 2. The Labute approximate surface area is 172 Å². The second kappa shape index (κ2) is 12.3. The number of halogens is 1. The third-order valence-electron chi connectivity index (χ3n) is 4.52. The summed E-state index contributed by atoms with van der Waals surface area (Å²) < 4.78 is 5.91. The van der Waals surface area contributed by atoms with Crippen molar-refractivity contribution in [3.63, 3.8) is 0 Å². The first-order valence-electron chi connectivity index (χ1n) is 9.28. The first-order chi connectivity index (χ1) is 11.2. The van der Waals surface area contributed by atoms with Gasteiger partial charge in [0.2, 0.25) is 0 Å². The molecule has 0 aromatic rings. The predicted molar refractivity (Wildman–Crippen MR) is 118 cm³/mol. The van der Waals surface area contributed by atoms with Crippen molar-refractivity contribution in [2.24, 2.45) is 10.9 Å². The van der Waals surface area contributed by atoms with Gasteiger partial charge >= 0.3 is 0 Å². The normalized spacial score (nSPS) is 19.9. The molecule has 25 heavy (non-hydrogen) atoms. The number of rotatable bonds is 8. The first kappa shape index (κ1) is 24.9. The standard InChI is InChI=1S/C18H39N5O.HI/c1-8-19-17(21-14-18(4,5)22(6)7)20-11-16-13-23(9-10-24-16)12-15(2)3;/h15-16H,8-14H2,1-7H3,(H2,19,20,21);1H. The Kier molecular flexibility index (Phi) is 12.2. The van der Waals surface area contributed by atoms with Crippen LogP contribution >= 0.6 is 24.0 Å². The zero-order chi connectivity index (χ0) is 18.2. The summed E-state index contributed by atoms with van der Waals surface area (Å²) in [6.45, 7) is 17.4. The monoisotopic (exact) mass is 469 g/mol. The van der Waals surface area contributed by atoms with Crippen LogP contribution in [0.1, 0.15) is 34.6 Å². The van der Waals surface area contributed by atoms with E-state index in [0.29, 0.717) is 5.92 Å². The molecule has 1 aliphatic heterocycles. The van der Waals surface area contributed by atoms with Gasteiger partial charge in [-0.25, -0.2) is 0 Å². The Balaban J connectivity index is 0.00000576. The lowest BCUT2D eigenvalue weighted by atomic mass is 10.1. The number of aliphatic imine (C=N–C) groups is 1. The van der Waals surface area contributed by atoms with Crippen molar-refractivity contribution in [3.8, 4) is 0 Å². The third kappa shape index (κ3) is 9.96. The smallest absolute Gasteiger partial charge is 0.191 e. The number of ether oxygens (including phenoxy) is 1. The fourth-order valence-electron chi connectivity index (χ4n) is 2.55. The summed E-state index contributed by atoms with van der Waals surface area (Å²) in [6.07, 6.45) is 0.225. The highest BCUT2D eigenvalue weighted by atomic mass is 127. The quantitative estimate of drug-likeness (QED) is 0.323. The topological polar surface area (TPSA) is 52.1 Å². The van der Waals surface area contributed by atoms with Gasteiger partial charge in [0.05, 0.1) is 19.3 Å². The zero-order valence-electron chi connectivity index (χ0n) is 17.3. The average molecular weight is 469 g/mol. The fourth-order valence-corrected chi connectivity index (χ4v) is 2.55. The third-order valence-corrected chi connectivity index (χ3v) is 4.52. The van der Waals surface area contributed by atoms with Crippen LogP contribution in [0.5, 0.6) is 0 Å². The minimum atomic E-state index is 0. The van der Waals surface area contributed by atoms with Gasteiger partial charge in [0.25, 0.3) is 0 Å². The Morgan fingerprint density at radius 3 is 2.56 bits per heavy atom. The second-order valence-corrected chi connectivity index (χ2v) is 7.93. The van der Waals surface area contributed by atoms with E-state index in [2.05, 4.69) is 69.1 Å². The van der Waals surface area contributed by atoms with Crippen LogP contribution in [0.3, 0.4) is 0 Å². The molecular formula is C18H40IN5O. The number of nitrogens with one attached hydrogen (secondary N) is 2. The van der Waals surface area contributed by atoms with Crippen LogP contribution in [0.2, 0.25) is 0 Å². The van der Waals surface area contributed by atoms with Crippen LogP contribution in [-0.4, -0.2) is 87.4 Å². The molecule has 0 aliphatic carbocycles. The molecule has 0 radical (unpaired) electrons. The molecule has 6 nitrogen and oxygen atoms in total. The van der Waals surface area contributed by atoms with E-state index >= 15 is 0 Å². The molecule has 1 atom stereocenters. The van der Waals surface area contributed by atoms with Gasteiger partial charge in [-0.3, -0.25) is 9.89 Å². The molecule has 7 heteroatoms. The number of hydrogen-bond acceptors (Lipinski definition) is 4. The molecule has 0 saturated carbocycles. The largest absolute Gasteiger partial charge is 0.374 e. The maximum atomic E-state index is 5.91. The van der Waals surface area contributed by atoms with Crippen molar-refractivity contribution < 1.29 is 4.74 Å². The number of morpholine rings is 1. The lowest BCUT2D eigenvalue weighted by Gasteiger charge is -2.34. The van der Waals surface area contributed by atoms with Crippen molar-refractivity contribution in [3.05, 3.63) is 0 Å². The second-order valence-electron chi connectivity index (χ2n) is 7.93. The van der Waals surface area contributed by atoms with E-state index in [1.807, 2.05) is 0 Å². The Bertz CT molecular complexity index is 388. The summed E-state index contributed by atoms with van der Waals surface area (Å²) in [5, 5.41) is 6.77. The van der Waals surface area contributed by atoms with Gasteiger partial charge in [0.1, 0.15) is 0 Å². The molecule has 150 valence electrons. The number of likely N-dealkylation sites (N-methyl/N-ethyl adjacent to an activating group) is 1. The van der Waals surface area contributed by atoms with Crippen molar-refractivity contribution >= 4 is 29.9 Å². The van der Waals surface area contributed by atoms with Crippen molar-refractivity contribution in [2.75, 3.05) is 60.0 Å². The number of guanidine groups is 1. The van der Waals surface area contributed by atoms with E-state index in [1.54, 1.807) is 0 Å². The average Bonchev–Trinajstić information content (AvgIpc) is 2.49. The van der Waals surface area contributed by atoms with Crippen LogP contribution in [0.25, 0.3) is 0 Å². The van der Waals surface area contributed by atoms with Gasteiger partial charge in [-0.2, -0.15) is 0 Å². The molecule has 1 saturated heterocycles. The van der Waals surface area contributed by atoms with Crippen LogP contribution in [0, 0.1) is 5.92 Å². The molecular weight excluding hydrogens is 429 g/mol. The summed E-state index contributed by atoms with van der Waals surface area (Å²) in [5.74, 6) is 1.57. The Hall–Kier alpha value is -0.120.